The van der Waals surface area contributed by atoms with Crippen LogP contribution in [0.5, 0.6) is 5.75 Å². The lowest BCUT2D eigenvalue weighted by molar-refractivity contribution is -0.123. The number of ether oxygens (including phenoxy) is 1. The van der Waals surface area contributed by atoms with E-state index in [1.807, 2.05) is 39.0 Å². The van der Waals surface area contributed by atoms with Gasteiger partial charge in [-0.1, -0.05) is 62.3 Å². The molecule has 5 atom stereocenters. The Morgan fingerprint density at radius 3 is 2.82 bits per heavy atom. The second kappa shape index (κ2) is 13.0. The number of nitrogens with zero attached hydrogens (tertiary/aromatic N) is 2. The van der Waals surface area contributed by atoms with Crippen LogP contribution in [0.3, 0.4) is 0 Å². The minimum atomic E-state index is -1.62. The highest BCUT2D eigenvalue weighted by Crippen LogP contribution is 2.48. The molecule has 2 aromatic carbocycles. The Morgan fingerprint density at radius 1 is 1.20 bits per heavy atom. The van der Waals surface area contributed by atoms with E-state index in [1.165, 1.54) is 11.1 Å². The quantitative estimate of drug-likeness (QED) is 0.253. The Kier molecular flexibility index (Phi) is 9.26. The SMILES string of the molecule is CC(C)C(=O)C[C@H]1/C=C/C[C@H](C)C[S-](=O)=NC(=O)c2ccc3c(c2)N(C[C@@H]2CC[C@H]21)C[C@@]1(CCCc2cc(Cl)ccc21)CO3. The van der Waals surface area contributed by atoms with Crippen LogP contribution in [0.2, 0.25) is 5.02 Å². The van der Waals surface area contributed by atoms with Gasteiger partial charge < -0.3 is 18.2 Å². The summed E-state index contributed by atoms with van der Waals surface area (Å²) in [5.74, 6) is 2.07. The summed E-state index contributed by atoms with van der Waals surface area (Å²) in [6.07, 6.45) is 11.0. The Balaban J connectivity index is 1.42. The van der Waals surface area contributed by atoms with E-state index in [2.05, 4.69) is 33.5 Å². The Labute approximate surface area is 268 Å². The highest BCUT2D eigenvalue weighted by molar-refractivity contribution is 7.75. The smallest absolute Gasteiger partial charge is 0.254 e. The number of ketones is 1. The summed E-state index contributed by atoms with van der Waals surface area (Å²) in [4.78, 5) is 28.7. The number of aryl methyl sites for hydroxylation is 1. The van der Waals surface area contributed by atoms with Crippen LogP contribution in [0, 0.1) is 29.6 Å². The van der Waals surface area contributed by atoms with Crippen molar-refractivity contribution < 1.29 is 18.5 Å². The first-order valence-electron chi connectivity index (χ1n) is 16.3. The summed E-state index contributed by atoms with van der Waals surface area (Å²) in [5.41, 5.74) is 3.71. The second-order valence-corrected chi connectivity index (χ2v) is 15.5. The number of halogens is 1. The highest BCUT2D eigenvalue weighted by Gasteiger charge is 2.44. The van der Waals surface area contributed by atoms with E-state index in [9.17, 15) is 13.8 Å². The van der Waals surface area contributed by atoms with Crippen molar-refractivity contribution in [3.63, 3.8) is 0 Å². The summed E-state index contributed by atoms with van der Waals surface area (Å²) >= 11 is 6.43. The molecular weight excluding hydrogens is 592 g/mol. The summed E-state index contributed by atoms with van der Waals surface area (Å²) in [6, 6.07) is 11.8. The number of rotatable bonds is 3. The maximum Gasteiger partial charge on any atom is 0.254 e. The third-order valence-corrected chi connectivity index (χ3v) is 11.8. The molecule has 0 aromatic heterocycles. The number of amides is 1. The molecule has 0 unspecified atom stereocenters. The van der Waals surface area contributed by atoms with Crippen molar-refractivity contribution in [3.8, 4) is 5.75 Å². The van der Waals surface area contributed by atoms with Gasteiger partial charge in [-0.05, 0) is 97.7 Å². The standard InChI is InChI=1S/C36H44ClN2O4S/c1-23(2)33(40)18-25-7-4-6-24(3)20-44(42)38-35(41)27-10-14-34-32(17-27)39(19-28-9-12-30(25)28)21-36(22-43-34)15-5-8-26-16-29(37)11-13-31(26)36/h4,7,10-11,13-14,16-17,23-25,28,30H,5-6,8-9,12,15,18-22H2,1-3H3/q-1/b7-4+/t24-,25+,28-,30-,36-/m0/s1. The van der Waals surface area contributed by atoms with E-state index in [4.69, 9.17) is 16.3 Å². The van der Waals surface area contributed by atoms with E-state index < -0.39 is 16.5 Å². The fourth-order valence-electron chi connectivity index (χ4n) is 7.73. The molecule has 1 fully saturated rings. The van der Waals surface area contributed by atoms with Gasteiger partial charge in [0.2, 0.25) is 0 Å². The molecule has 2 bridgehead atoms. The first-order valence-corrected chi connectivity index (χ1v) is 17.9. The number of fused-ring (bicyclic) bond motifs is 4. The van der Waals surface area contributed by atoms with Crippen LogP contribution in [0.1, 0.15) is 80.8 Å². The molecule has 0 saturated heterocycles. The van der Waals surface area contributed by atoms with Gasteiger partial charge in [0.1, 0.15) is 11.5 Å². The lowest BCUT2D eigenvalue weighted by atomic mass is 9.64. The lowest BCUT2D eigenvalue weighted by Gasteiger charge is -2.46. The van der Waals surface area contributed by atoms with Crippen LogP contribution in [0.4, 0.5) is 5.69 Å². The third-order valence-electron chi connectivity index (χ3n) is 10.4. The van der Waals surface area contributed by atoms with E-state index in [0.29, 0.717) is 42.0 Å². The van der Waals surface area contributed by atoms with Crippen molar-refractivity contribution in [2.45, 2.75) is 71.1 Å². The van der Waals surface area contributed by atoms with Gasteiger partial charge >= 0.3 is 0 Å². The topological polar surface area (TPSA) is 76.0 Å². The lowest BCUT2D eigenvalue weighted by Crippen LogP contribution is -2.49. The molecule has 8 heteroatoms. The predicted molar refractivity (Wildman–Crippen MR) is 177 cm³/mol. The molecule has 6 nitrogen and oxygen atoms in total. The van der Waals surface area contributed by atoms with Crippen molar-refractivity contribution in [3.05, 3.63) is 70.3 Å². The predicted octanol–water partition coefficient (Wildman–Crippen LogP) is 7.95. The normalized spacial score (nSPS) is 29.9. The average Bonchev–Trinajstić information content (AvgIpc) is 3.11. The van der Waals surface area contributed by atoms with Gasteiger partial charge in [0.05, 0.1) is 12.3 Å². The van der Waals surface area contributed by atoms with Crippen LogP contribution in [0.15, 0.2) is 52.9 Å². The zero-order valence-corrected chi connectivity index (χ0v) is 27.7. The molecule has 2 aliphatic heterocycles. The van der Waals surface area contributed by atoms with Gasteiger partial charge in [0, 0.05) is 41.4 Å². The number of carbonyl (C=O) groups excluding carboxylic acids is 2. The van der Waals surface area contributed by atoms with Crippen LogP contribution in [-0.4, -0.2) is 37.1 Å². The first kappa shape index (κ1) is 31.3. The maximum atomic E-state index is 13.2. The Morgan fingerprint density at radius 2 is 2.05 bits per heavy atom. The number of allylic oxidation sites excluding steroid dienone is 2. The molecule has 1 spiro atoms. The number of carbonyl (C=O) groups is 2. The Hall–Kier alpha value is -2.64. The van der Waals surface area contributed by atoms with Gasteiger partial charge in [-0.15, -0.1) is 0 Å². The molecule has 0 radical (unpaired) electrons. The summed E-state index contributed by atoms with van der Waals surface area (Å²) < 4.78 is 23.6. The van der Waals surface area contributed by atoms with Crippen molar-refractivity contribution in [1.82, 2.24) is 0 Å². The van der Waals surface area contributed by atoms with E-state index >= 15 is 0 Å². The summed E-state index contributed by atoms with van der Waals surface area (Å²) in [7, 11) is -1.62. The van der Waals surface area contributed by atoms with E-state index in [-0.39, 0.29) is 23.2 Å². The zero-order valence-electron chi connectivity index (χ0n) is 26.1. The molecule has 44 heavy (non-hydrogen) atoms. The number of benzene rings is 2. The van der Waals surface area contributed by atoms with Gasteiger partial charge in [0.25, 0.3) is 5.91 Å². The summed E-state index contributed by atoms with van der Waals surface area (Å²) in [6.45, 7) is 8.15. The van der Waals surface area contributed by atoms with Crippen molar-refractivity contribution in [1.29, 1.82) is 0 Å². The number of anilines is 1. The van der Waals surface area contributed by atoms with Gasteiger partial charge in [-0.25, -0.2) is 0 Å². The van der Waals surface area contributed by atoms with Crippen molar-refractivity contribution in [2.24, 2.45) is 34.0 Å². The first-order chi connectivity index (χ1) is 21.1. The van der Waals surface area contributed by atoms with E-state index in [0.717, 1.165) is 68.1 Å². The number of hydrogen-bond acceptors (Lipinski definition) is 6. The number of Topliss-reactive ketones (excluding diaryl/α,β-unsaturated/α-hetero) is 1. The molecule has 4 aliphatic rings. The highest BCUT2D eigenvalue weighted by atomic mass is 35.5. The minimum Gasteiger partial charge on any atom is -0.490 e. The van der Waals surface area contributed by atoms with Crippen LogP contribution >= 0.6 is 11.6 Å². The molecule has 2 aliphatic carbocycles. The van der Waals surface area contributed by atoms with Crippen LogP contribution in [-0.2, 0) is 31.4 Å². The van der Waals surface area contributed by atoms with Gasteiger partial charge in [-0.2, -0.15) is 10.6 Å². The fourth-order valence-corrected chi connectivity index (χ4v) is 8.91. The summed E-state index contributed by atoms with van der Waals surface area (Å²) in [5, 5.41) is 0.759. The van der Waals surface area contributed by atoms with Gasteiger partial charge in [0.15, 0.2) is 0 Å². The number of hydrogen-bond donors (Lipinski definition) is 0. The van der Waals surface area contributed by atoms with Crippen LogP contribution < -0.4 is 9.64 Å². The second-order valence-electron chi connectivity index (χ2n) is 13.9. The van der Waals surface area contributed by atoms with E-state index in [1.54, 1.807) is 6.07 Å². The fraction of sp³-hybridized carbons (Fsp3) is 0.556. The zero-order chi connectivity index (χ0) is 31.0. The average molecular weight is 636 g/mol. The van der Waals surface area contributed by atoms with Crippen molar-refractivity contribution >= 4 is 39.6 Å². The third kappa shape index (κ3) is 6.50. The largest absolute Gasteiger partial charge is 0.490 e. The molecule has 236 valence electrons. The molecule has 1 amide bonds. The maximum absolute atomic E-state index is 13.2. The monoisotopic (exact) mass is 635 g/mol. The molecule has 1 saturated carbocycles. The molecule has 2 aromatic rings. The molecule has 6 rings (SSSR count). The van der Waals surface area contributed by atoms with Crippen LogP contribution in [0.25, 0.3) is 0 Å². The minimum absolute atomic E-state index is 0.00978. The Bertz CT molecular complexity index is 1550. The van der Waals surface area contributed by atoms with Gasteiger partial charge in [-0.3, -0.25) is 9.59 Å². The molecular formula is C36H44ClN2O4S-. The molecule has 2 heterocycles. The molecule has 0 N–H and O–H groups in total. The van der Waals surface area contributed by atoms with Crippen molar-refractivity contribution in [2.75, 3.05) is 30.3 Å².